The summed E-state index contributed by atoms with van der Waals surface area (Å²) in [6, 6.07) is 1.48. The molecule has 0 aliphatic carbocycles. The van der Waals surface area contributed by atoms with Gasteiger partial charge in [0.2, 0.25) is 0 Å². The normalized spacial score (nSPS) is 19.6. The molecule has 2 aliphatic heterocycles. The van der Waals surface area contributed by atoms with E-state index in [1.807, 2.05) is 0 Å². The molecule has 1 aromatic rings. The van der Waals surface area contributed by atoms with Gasteiger partial charge in [-0.15, -0.1) is 0 Å². The van der Waals surface area contributed by atoms with Gasteiger partial charge in [0.1, 0.15) is 17.1 Å². The van der Waals surface area contributed by atoms with Gasteiger partial charge in [0.25, 0.3) is 11.8 Å². The van der Waals surface area contributed by atoms with Gasteiger partial charge in [-0.25, -0.2) is 14.8 Å². The lowest BCUT2D eigenvalue weighted by Gasteiger charge is -2.40. The van der Waals surface area contributed by atoms with Crippen molar-refractivity contribution in [2.75, 3.05) is 27.2 Å². The fraction of sp³-hybridized carbons (Fsp3) is 0.632. The average Bonchev–Trinajstić information content (AvgIpc) is 2.77. The SMILES string of the molecule is Cc1nc(CC(C)C)cc(C(=O)N2CCC3(CC2)C(=O)N(C)C(=O)N3C)n1. The summed E-state index contributed by atoms with van der Waals surface area (Å²) in [6.45, 7) is 6.84. The van der Waals surface area contributed by atoms with Gasteiger partial charge in [0.05, 0.1) is 0 Å². The molecule has 0 aromatic carbocycles. The van der Waals surface area contributed by atoms with Crippen molar-refractivity contribution in [1.82, 2.24) is 24.7 Å². The predicted octanol–water partition coefficient (Wildman–Crippen LogP) is 1.48. The zero-order chi connectivity index (χ0) is 19.9. The van der Waals surface area contributed by atoms with Crippen LogP contribution in [0.3, 0.4) is 0 Å². The van der Waals surface area contributed by atoms with Crippen LogP contribution in [-0.4, -0.2) is 75.2 Å². The van der Waals surface area contributed by atoms with E-state index in [2.05, 4.69) is 23.8 Å². The van der Waals surface area contributed by atoms with Crippen LogP contribution < -0.4 is 0 Å². The lowest BCUT2D eigenvalue weighted by molar-refractivity contribution is -0.134. The fourth-order valence-electron chi connectivity index (χ4n) is 4.00. The first kappa shape index (κ1) is 19.3. The lowest BCUT2D eigenvalue weighted by Crippen LogP contribution is -2.56. The van der Waals surface area contributed by atoms with Crippen LogP contribution >= 0.6 is 0 Å². The number of hydrogen-bond donors (Lipinski definition) is 0. The highest BCUT2D eigenvalue weighted by atomic mass is 16.2. The molecule has 4 amide bonds. The molecule has 0 radical (unpaired) electrons. The Bertz CT molecular complexity index is 784. The minimum absolute atomic E-state index is 0.145. The molecule has 1 aromatic heterocycles. The number of rotatable bonds is 3. The summed E-state index contributed by atoms with van der Waals surface area (Å²) in [5.41, 5.74) is 0.438. The molecule has 3 heterocycles. The van der Waals surface area contributed by atoms with Crippen LogP contribution in [0.2, 0.25) is 0 Å². The molecule has 8 heteroatoms. The van der Waals surface area contributed by atoms with E-state index in [0.29, 0.717) is 43.4 Å². The summed E-state index contributed by atoms with van der Waals surface area (Å²) >= 11 is 0. The third-order valence-corrected chi connectivity index (χ3v) is 5.52. The van der Waals surface area contributed by atoms with Gasteiger partial charge in [-0.2, -0.15) is 0 Å². The van der Waals surface area contributed by atoms with E-state index in [4.69, 9.17) is 0 Å². The van der Waals surface area contributed by atoms with Crippen molar-refractivity contribution >= 4 is 17.8 Å². The Morgan fingerprint density at radius 3 is 2.33 bits per heavy atom. The van der Waals surface area contributed by atoms with E-state index in [9.17, 15) is 14.4 Å². The monoisotopic (exact) mass is 373 g/mol. The average molecular weight is 373 g/mol. The predicted molar refractivity (Wildman–Crippen MR) is 99.1 cm³/mol. The smallest absolute Gasteiger partial charge is 0.327 e. The number of likely N-dealkylation sites (N-methyl/N-ethyl adjacent to an activating group) is 2. The third kappa shape index (κ3) is 3.28. The molecule has 0 atom stereocenters. The van der Waals surface area contributed by atoms with Gasteiger partial charge >= 0.3 is 6.03 Å². The van der Waals surface area contributed by atoms with Crippen molar-refractivity contribution in [1.29, 1.82) is 0 Å². The number of imide groups is 1. The van der Waals surface area contributed by atoms with Crippen molar-refractivity contribution < 1.29 is 14.4 Å². The second kappa shape index (κ2) is 6.90. The molecule has 2 saturated heterocycles. The van der Waals surface area contributed by atoms with Gasteiger partial charge in [-0.3, -0.25) is 14.5 Å². The van der Waals surface area contributed by atoms with E-state index in [1.165, 1.54) is 16.8 Å². The summed E-state index contributed by atoms with van der Waals surface area (Å²) in [7, 11) is 3.17. The van der Waals surface area contributed by atoms with Crippen LogP contribution in [0.15, 0.2) is 6.07 Å². The summed E-state index contributed by atoms with van der Waals surface area (Å²) in [5.74, 6) is 0.700. The first-order valence-electron chi connectivity index (χ1n) is 9.35. The van der Waals surface area contributed by atoms with Crippen molar-refractivity contribution in [3.05, 3.63) is 23.3 Å². The fourth-order valence-corrected chi connectivity index (χ4v) is 4.00. The van der Waals surface area contributed by atoms with Gasteiger partial charge in [0, 0.05) is 32.9 Å². The van der Waals surface area contributed by atoms with E-state index in [0.717, 1.165) is 12.1 Å². The molecule has 1 spiro atoms. The molecular weight excluding hydrogens is 346 g/mol. The highest BCUT2D eigenvalue weighted by molar-refractivity contribution is 6.06. The number of piperidine rings is 1. The molecule has 0 N–H and O–H groups in total. The maximum Gasteiger partial charge on any atom is 0.327 e. The number of aromatic nitrogens is 2. The Hall–Kier alpha value is -2.51. The molecule has 0 unspecified atom stereocenters. The zero-order valence-electron chi connectivity index (χ0n) is 16.7. The van der Waals surface area contributed by atoms with Crippen molar-refractivity contribution in [3.8, 4) is 0 Å². The number of hydrogen-bond acceptors (Lipinski definition) is 5. The Kier molecular flexibility index (Phi) is 4.92. The summed E-state index contributed by atoms with van der Waals surface area (Å²) < 4.78 is 0. The molecular formula is C19H27N5O3. The van der Waals surface area contributed by atoms with Crippen LogP contribution in [0.4, 0.5) is 4.79 Å². The second-order valence-corrected chi connectivity index (χ2v) is 7.92. The summed E-state index contributed by atoms with van der Waals surface area (Å²) in [4.78, 5) is 50.8. The molecule has 8 nitrogen and oxygen atoms in total. The number of carbonyl (C=O) groups is 3. The van der Waals surface area contributed by atoms with E-state index in [1.54, 1.807) is 24.9 Å². The number of amides is 4. The first-order valence-corrected chi connectivity index (χ1v) is 9.35. The Labute approximate surface area is 159 Å². The number of likely N-dealkylation sites (tertiary alicyclic amines) is 1. The van der Waals surface area contributed by atoms with E-state index in [-0.39, 0.29) is 17.8 Å². The maximum absolute atomic E-state index is 12.9. The second-order valence-electron chi connectivity index (χ2n) is 7.92. The Balaban J connectivity index is 1.75. The Morgan fingerprint density at radius 1 is 1.19 bits per heavy atom. The maximum atomic E-state index is 12.9. The quantitative estimate of drug-likeness (QED) is 0.749. The largest absolute Gasteiger partial charge is 0.337 e. The lowest BCUT2D eigenvalue weighted by atomic mass is 9.86. The Morgan fingerprint density at radius 2 is 1.81 bits per heavy atom. The summed E-state index contributed by atoms with van der Waals surface area (Å²) in [5, 5.41) is 0. The standard InChI is InChI=1S/C19H27N5O3/c1-12(2)10-14-11-15(21-13(3)20-14)16(25)24-8-6-19(7-9-24)17(26)22(4)18(27)23(19)5/h11-12H,6-10H2,1-5H3. The van der Waals surface area contributed by atoms with E-state index >= 15 is 0 Å². The van der Waals surface area contributed by atoms with Gasteiger partial charge in [-0.05, 0) is 38.2 Å². The molecule has 0 saturated carbocycles. The molecule has 3 rings (SSSR count). The number of nitrogens with zero attached hydrogens (tertiary/aromatic N) is 5. The first-order chi connectivity index (χ1) is 12.7. The van der Waals surface area contributed by atoms with Crippen molar-refractivity contribution in [3.63, 3.8) is 0 Å². The van der Waals surface area contributed by atoms with E-state index < -0.39 is 5.54 Å². The summed E-state index contributed by atoms with van der Waals surface area (Å²) in [6.07, 6.45) is 1.67. The number of aryl methyl sites for hydroxylation is 1. The highest BCUT2D eigenvalue weighted by Crippen LogP contribution is 2.35. The third-order valence-electron chi connectivity index (χ3n) is 5.52. The van der Waals surface area contributed by atoms with Crippen LogP contribution in [0, 0.1) is 12.8 Å². The van der Waals surface area contributed by atoms with Crippen LogP contribution in [0.25, 0.3) is 0 Å². The number of urea groups is 1. The van der Waals surface area contributed by atoms with Gasteiger partial charge < -0.3 is 9.80 Å². The molecule has 2 fully saturated rings. The topological polar surface area (TPSA) is 86.7 Å². The highest BCUT2D eigenvalue weighted by Gasteiger charge is 2.55. The molecule has 2 aliphatic rings. The molecule has 27 heavy (non-hydrogen) atoms. The number of carbonyl (C=O) groups excluding carboxylic acids is 3. The van der Waals surface area contributed by atoms with Gasteiger partial charge in [0.15, 0.2) is 0 Å². The molecule has 0 bridgehead atoms. The van der Waals surface area contributed by atoms with Crippen molar-refractivity contribution in [2.45, 2.75) is 45.6 Å². The minimum atomic E-state index is -0.826. The van der Waals surface area contributed by atoms with Crippen LogP contribution in [0.1, 0.15) is 48.7 Å². The minimum Gasteiger partial charge on any atom is -0.337 e. The van der Waals surface area contributed by atoms with Crippen LogP contribution in [-0.2, 0) is 11.2 Å². The van der Waals surface area contributed by atoms with Crippen LogP contribution in [0.5, 0.6) is 0 Å². The molecule has 146 valence electrons. The van der Waals surface area contributed by atoms with Gasteiger partial charge in [-0.1, -0.05) is 13.8 Å². The van der Waals surface area contributed by atoms with Crippen molar-refractivity contribution in [2.24, 2.45) is 5.92 Å². The zero-order valence-corrected chi connectivity index (χ0v) is 16.7.